The van der Waals surface area contributed by atoms with Crippen LogP contribution < -0.4 is 10.0 Å². The number of rotatable bonds is 11. The van der Waals surface area contributed by atoms with Crippen molar-refractivity contribution in [2.75, 3.05) is 26.0 Å². The lowest BCUT2D eigenvalue weighted by molar-refractivity contribution is 0.173. The van der Waals surface area contributed by atoms with E-state index in [1.165, 1.54) is 12.8 Å². The van der Waals surface area contributed by atoms with Crippen molar-refractivity contribution >= 4 is 10.0 Å². The maximum atomic E-state index is 11.8. The third kappa shape index (κ3) is 7.31. The lowest BCUT2D eigenvalue weighted by atomic mass is 10.3. The van der Waals surface area contributed by atoms with Crippen molar-refractivity contribution < 1.29 is 13.2 Å². The molecule has 1 atom stereocenters. The molecule has 1 saturated carbocycles. The molecule has 5 nitrogen and oxygen atoms in total. The van der Waals surface area contributed by atoms with Crippen molar-refractivity contribution in [1.82, 2.24) is 10.0 Å². The van der Waals surface area contributed by atoms with Crippen LogP contribution >= 0.6 is 0 Å². The van der Waals surface area contributed by atoms with Crippen LogP contribution in [0.25, 0.3) is 0 Å². The fourth-order valence-corrected chi connectivity index (χ4v) is 3.20. The van der Waals surface area contributed by atoms with Gasteiger partial charge in [0, 0.05) is 19.2 Å². The molecule has 0 bridgehead atoms. The van der Waals surface area contributed by atoms with Gasteiger partial charge in [0.1, 0.15) is 0 Å². The molecule has 1 unspecified atom stereocenters. The van der Waals surface area contributed by atoms with Gasteiger partial charge in [0.2, 0.25) is 10.0 Å². The Morgan fingerprint density at radius 3 is 2.61 bits per heavy atom. The first kappa shape index (κ1) is 15.9. The molecule has 2 N–H and O–H groups in total. The predicted molar refractivity (Wildman–Crippen MR) is 73.1 cm³/mol. The van der Waals surface area contributed by atoms with Gasteiger partial charge in [-0.05, 0) is 38.6 Å². The molecule has 0 aromatic carbocycles. The van der Waals surface area contributed by atoms with E-state index < -0.39 is 10.0 Å². The highest BCUT2D eigenvalue weighted by Crippen LogP contribution is 2.18. The summed E-state index contributed by atoms with van der Waals surface area (Å²) in [6.07, 6.45) is 4.91. The van der Waals surface area contributed by atoms with Crippen molar-refractivity contribution in [2.24, 2.45) is 0 Å². The number of methoxy groups -OCH3 is 1. The van der Waals surface area contributed by atoms with E-state index in [0.29, 0.717) is 19.1 Å². The minimum atomic E-state index is -3.16. The first-order valence-corrected chi connectivity index (χ1v) is 8.45. The van der Waals surface area contributed by atoms with Crippen LogP contribution in [0.15, 0.2) is 0 Å². The number of sulfonamides is 1. The highest BCUT2D eigenvalue weighted by Gasteiger charge is 2.20. The molecule has 0 aliphatic heterocycles. The molecule has 6 heteroatoms. The maximum absolute atomic E-state index is 11.8. The summed E-state index contributed by atoms with van der Waals surface area (Å²) in [5, 5.41) is 3.38. The fraction of sp³-hybridized carbons (Fsp3) is 1.00. The minimum Gasteiger partial charge on any atom is -0.383 e. The Balaban J connectivity index is 2.12. The second-order valence-electron chi connectivity index (χ2n) is 4.93. The number of hydrogen-bond donors (Lipinski definition) is 2. The lowest BCUT2D eigenvalue weighted by Gasteiger charge is -2.16. The van der Waals surface area contributed by atoms with Crippen molar-refractivity contribution in [3.63, 3.8) is 0 Å². The summed E-state index contributed by atoms with van der Waals surface area (Å²) in [5.74, 6) is 0.208. The van der Waals surface area contributed by atoms with E-state index in [9.17, 15) is 8.42 Å². The van der Waals surface area contributed by atoms with Crippen molar-refractivity contribution in [3.8, 4) is 0 Å². The first-order chi connectivity index (χ1) is 8.57. The summed E-state index contributed by atoms with van der Waals surface area (Å²) in [6, 6.07) is 0.593. The van der Waals surface area contributed by atoms with Crippen LogP contribution in [-0.2, 0) is 14.8 Å². The predicted octanol–water partition coefficient (Wildman–Crippen LogP) is 0.863. The van der Waals surface area contributed by atoms with Gasteiger partial charge in [-0.25, -0.2) is 13.1 Å². The van der Waals surface area contributed by atoms with E-state index in [1.54, 1.807) is 7.11 Å². The standard InChI is InChI=1S/C12H26N2O3S/c1-3-11(10-17-2)14-18(15,16)9-5-4-8-13-12-6-7-12/h11-14H,3-10H2,1-2H3. The van der Waals surface area contributed by atoms with Gasteiger partial charge in [-0.1, -0.05) is 6.92 Å². The Labute approximate surface area is 111 Å². The van der Waals surface area contributed by atoms with Crippen molar-refractivity contribution in [1.29, 1.82) is 0 Å². The number of nitrogens with one attached hydrogen (secondary N) is 2. The molecule has 0 aromatic rings. The Hall–Kier alpha value is -0.170. The molecule has 0 radical (unpaired) electrons. The molecule has 18 heavy (non-hydrogen) atoms. The Kier molecular flexibility index (Phi) is 7.14. The van der Waals surface area contributed by atoms with Crippen LogP contribution in [0, 0.1) is 0 Å². The molecule has 0 saturated heterocycles. The molecular weight excluding hydrogens is 252 g/mol. The monoisotopic (exact) mass is 278 g/mol. The van der Waals surface area contributed by atoms with E-state index in [2.05, 4.69) is 10.0 Å². The minimum absolute atomic E-state index is 0.107. The van der Waals surface area contributed by atoms with Gasteiger partial charge in [0.15, 0.2) is 0 Å². The average Bonchev–Trinajstić information content (AvgIpc) is 3.11. The molecule has 1 aliphatic rings. The molecule has 1 fully saturated rings. The normalized spacial score (nSPS) is 17.9. The zero-order valence-electron chi connectivity index (χ0n) is 11.4. The highest BCUT2D eigenvalue weighted by atomic mass is 32.2. The molecule has 1 aliphatic carbocycles. The van der Waals surface area contributed by atoms with Gasteiger partial charge >= 0.3 is 0 Å². The van der Waals surface area contributed by atoms with Gasteiger partial charge in [-0.15, -0.1) is 0 Å². The molecule has 1 rings (SSSR count). The van der Waals surface area contributed by atoms with Crippen LogP contribution in [0.1, 0.15) is 39.0 Å². The van der Waals surface area contributed by atoms with Crippen molar-refractivity contribution in [3.05, 3.63) is 0 Å². The summed E-state index contributed by atoms with van der Waals surface area (Å²) in [5.41, 5.74) is 0. The molecule has 0 aromatic heterocycles. The van der Waals surface area contributed by atoms with Crippen LogP contribution in [0.2, 0.25) is 0 Å². The van der Waals surface area contributed by atoms with E-state index >= 15 is 0 Å². The van der Waals surface area contributed by atoms with E-state index in [4.69, 9.17) is 4.74 Å². The van der Waals surface area contributed by atoms with E-state index in [1.807, 2.05) is 6.92 Å². The quantitative estimate of drug-likeness (QED) is 0.550. The summed E-state index contributed by atoms with van der Waals surface area (Å²) in [6.45, 7) is 3.31. The first-order valence-electron chi connectivity index (χ1n) is 6.79. The number of unbranched alkanes of at least 4 members (excludes halogenated alkanes) is 1. The summed E-state index contributed by atoms with van der Waals surface area (Å²) < 4.78 is 31.3. The molecule has 0 heterocycles. The summed E-state index contributed by atoms with van der Waals surface area (Å²) >= 11 is 0. The third-order valence-electron chi connectivity index (χ3n) is 3.06. The third-order valence-corrected chi connectivity index (χ3v) is 4.58. The zero-order valence-corrected chi connectivity index (χ0v) is 12.3. The largest absolute Gasteiger partial charge is 0.383 e. The lowest BCUT2D eigenvalue weighted by Crippen LogP contribution is -2.38. The van der Waals surface area contributed by atoms with Gasteiger partial charge in [-0.3, -0.25) is 0 Å². The van der Waals surface area contributed by atoms with Crippen LogP contribution in [0.5, 0.6) is 0 Å². The number of hydrogen-bond acceptors (Lipinski definition) is 4. The van der Waals surface area contributed by atoms with Gasteiger partial charge in [0.25, 0.3) is 0 Å². The summed E-state index contributed by atoms with van der Waals surface area (Å²) in [4.78, 5) is 0. The van der Waals surface area contributed by atoms with E-state index in [-0.39, 0.29) is 11.8 Å². The van der Waals surface area contributed by atoms with Gasteiger partial charge < -0.3 is 10.1 Å². The summed E-state index contributed by atoms with van der Waals surface area (Å²) in [7, 11) is -1.57. The molecule has 108 valence electrons. The smallest absolute Gasteiger partial charge is 0.211 e. The SMILES string of the molecule is CCC(COC)NS(=O)(=O)CCCCNC1CC1. The van der Waals surface area contributed by atoms with E-state index in [0.717, 1.165) is 19.4 Å². The maximum Gasteiger partial charge on any atom is 0.211 e. The van der Waals surface area contributed by atoms with Crippen LogP contribution in [0.4, 0.5) is 0 Å². The molecule has 0 spiro atoms. The zero-order chi connectivity index (χ0) is 13.4. The second-order valence-corrected chi connectivity index (χ2v) is 6.81. The fourth-order valence-electron chi connectivity index (χ4n) is 1.76. The Morgan fingerprint density at radius 1 is 1.33 bits per heavy atom. The number of ether oxygens (including phenoxy) is 1. The van der Waals surface area contributed by atoms with Crippen LogP contribution in [-0.4, -0.2) is 46.5 Å². The van der Waals surface area contributed by atoms with Crippen molar-refractivity contribution in [2.45, 2.75) is 51.1 Å². The molecular formula is C12H26N2O3S. The van der Waals surface area contributed by atoms with Crippen LogP contribution in [0.3, 0.4) is 0 Å². The van der Waals surface area contributed by atoms with Gasteiger partial charge in [0.05, 0.1) is 12.4 Å². The van der Waals surface area contributed by atoms with Gasteiger partial charge in [-0.2, -0.15) is 0 Å². The Bertz CT molecular complexity index is 315. The average molecular weight is 278 g/mol. The topological polar surface area (TPSA) is 67.4 Å². The Morgan fingerprint density at radius 2 is 2.06 bits per heavy atom. The second kappa shape index (κ2) is 8.09. The highest BCUT2D eigenvalue weighted by molar-refractivity contribution is 7.89. The molecule has 0 amide bonds.